The molecule has 2 saturated heterocycles. The number of ether oxygens (including phenoxy) is 1. The Hall–Kier alpha value is -1.52. The fraction of sp³-hybridized carbons (Fsp3) is 0.471. The smallest absolute Gasteiger partial charge is 0.282 e. The summed E-state index contributed by atoms with van der Waals surface area (Å²) in [5.41, 5.74) is 6.50. The Labute approximate surface area is 156 Å². The molecular weight excluding hydrogens is 374 g/mol. The van der Waals surface area contributed by atoms with Crippen molar-refractivity contribution in [1.82, 2.24) is 8.61 Å². The van der Waals surface area contributed by atoms with Crippen molar-refractivity contribution in [2.45, 2.75) is 12.3 Å². The monoisotopic (exact) mass is 395 g/mol. The van der Waals surface area contributed by atoms with Crippen molar-refractivity contribution in [3.63, 3.8) is 0 Å². The van der Waals surface area contributed by atoms with E-state index in [1.165, 1.54) is 19.9 Å². The fourth-order valence-electron chi connectivity index (χ4n) is 3.77. The molecule has 9 heteroatoms. The van der Waals surface area contributed by atoms with E-state index in [2.05, 4.69) is 0 Å². The van der Waals surface area contributed by atoms with Crippen molar-refractivity contribution in [2.75, 3.05) is 39.4 Å². The summed E-state index contributed by atoms with van der Waals surface area (Å²) in [6.07, 6.45) is 0.685. The standard InChI is InChI=1S/C17H21N3O4S2/c18-17(21)16-15(13-3-1-2-4-14(13)25-16)12-5-6-20(11-12)26(22,23)19-7-9-24-10-8-19/h1-4,12H,5-11H2,(H2,18,21)/t12-/m1/s1. The molecule has 4 rings (SSSR count). The Kier molecular flexibility index (Phi) is 4.74. The highest BCUT2D eigenvalue weighted by Crippen LogP contribution is 2.40. The van der Waals surface area contributed by atoms with Crippen LogP contribution in [0.5, 0.6) is 0 Å². The van der Waals surface area contributed by atoms with Crippen molar-refractivity contribution in [3.8, 4) is 0 Å². The van der Waals surface area contributed by atoms with Crippen LogP contribution in [0.4, 0.5) is 0 Å². The molecule has 2 N–H and O–H groups in total. The largest absolute Gasteiger partial charge is 0.379 e. The molecule has 140 valence electrons. The Morgan fingerprint density at radius 2 is 1.88 bits per heavy atom. The highest BCUT2D eigenvalue weighted by molar-refractivity contribution is 7.86. The van der Waals surface area contributed by atoms with Gasteiger partial charge in [-0.3, -0.25) is 4.79 Å². The average molecular weight is 396 g/mol. The third-order valence-corrected chi connectivity index (χ3v) is 8.24. The van der Waals surface area contributed by atoms with Crippen LogP contribution in [-0.4, -0.2) is 62.3 Å². The summed E-state index contributed by atoms with van der Waals surface area (Å²) in [5.74, 6) is -0.472. The van der Waals surface area contributed by atoms with Crippen molar-refractivity contribution >= 4 is 37.5 Å². The van der Waals surface area contributed by atoms with Gasteiger partial charge < -0.3 is 10.5 Å². The molecule has 3 heterocycles. The van der Waals surface area contributed by atoms with Gasteiger partial charge in [-0.15, -0.1) is 11.3 Å². The molecule has 1 amide bonds. The lowest BCUT2D eigenvalue weighted by Crippen LogP contribution is -2.47. The second-order valence-corrected chi connectivity index (χ2v) is 9.55. The van der Waals surface area contributed by atoms with E-state index >= 15 is 0 Å². The number of amides is 1. The van der Waals surface area contributed by atoms with Gasteiger partial charge in [-0.1, -0.05) is 18.2 Å². The second kappa shape index (κ2) is 6.90. The van der Waals surface area contributed by atoms with E-state index in [1.807, 2.05) is 24.3 Å². The van der Waals surface area contributed by atoms with Crippen LogP contribution in [0, 0.1) is 0 Å². The quantitative estimate of drug-likeness (QED) is 0.846. The van der Waals surface area contributed by atoms with E-state index in [-0.39, 0.29) is 5.92 Å². The molecule has 0 aliphatic carbocycles. The molecule has 0 saturated carbocycles. The van der Waals surface area contributed by atoms with E-state index in [1.54, 1.807) is 0 Å². The summed E-state index contributed by atoms with van der Waals surface area (Å²) in [5, 5.41) is 1.00. The number of morpholine rings is 1. The van der Waals surface area contributed by atoms with E-state index in [0.717, 1.165) is 15.6 Å². The number of nitrogens with two attached hydrogens (primary N) is 1. The van der Waals surface area contributed by atoms with Crippen LogP contribution in [-0.2, 0) is 14.9 Å². The van der Waals surface area contributed by atoms with Crippen LogP contribution in [0.2, 0.25) is 0 Å². The van der Waals surface area contributed by atoms with Gasteiger partial charge in [0.2, 0.25) is 0 Å². The van der Waals surface area contributed by atoms with Gasteiger partial charge in [-0.05, 0) is 23.4 Å². The first-order valence-electron chi connectivity index (χ1n) is 8.62. The third-order valence-electron chi connectivity index (χ3n) is 5.04. The number of carbonyl (C=O) groups excluding carboxylic acids is 1. The van der Waals surface area contributed by atoms with Gasteiger partial charge in [0.1, 0.15) is 0 Å². The molecule has 7 nitrogen and oxygen atoms in total. The van der Waals surface area contributed by atoms with Crippen LogP contribution >= 0.6 is 11.3 Å². The molecule has 0 bridgehead atoms. The Morgan fingerprint density at radius 3 is 2.62 bits per heavy atom. The van der Waals surface area contributed by atoms with Gasteiger partial charge in [0.15, 0.2) is 0 Å². The molecule has 2 aromatic rings. The number of hydrogen-bond donors (Lipinski definition) is 1. The van der Waals surface area contributed by atoms with Crippen molar-refractivity contribution in [1.29, 1.82) is 0 Å². The summed E-state index contributed by atoms with van der Waals surface area (Å²) in [4.78, 5) is 12.5. The summed E-state index contributed by atoms with van der Waals surface area (Å²) in [7, 11) is -3.50. The van der Waals surface area contributed by atoms with Crippen molar-refractivity contribution in [3.05, 3.63) is 34.7 Å². The van der Waals surface area contributed by atoms with Crippen LogP contribution in [0.3, 0.4) is 0 Å². The predicted octanol–water partition coefficient (Wildman–Crippen LogP) is 1.37. The first kappa shape index (κ1) is 17.9. The minimum Gasteiger partial charge on any atom is -0.379 e. The lowest BCUT2D eigenvalue weighted by Gasteiger charge is -2.30. The molecule has 2 aliphatic heterocycles. The van der Waals surface area contributed by atoms with E-state index < -0.39 is 16.1 Å². The van der Waals surface area contributed by atoms with Crippen molar-refractivity contribution < 1.29 is 17.9 Å². The lowest BCUT2D eigenvalue weighted by molar-refractivity contribution is 0.0705. The first-order chi connectivity index (χ1) is 12.5. The number of rotatable bonds is 4. The van der Waals surface area contributed by atoms with Gasteiger partial charge in [-0.25, -0.2) is 0 Å². The van der Waals surface area contributed by atoms with Gasteiger partial charge in [-0.2, -0.15) is 17.0 Å². The fourth-order valence-corrected chi connectivity index (χ4v) is 6.55. The van der Waals surface area contributed by atoms with Crippen LogP contribution in [0.25, 0.3) is 10.1 Å². The maximum absolute atomic E-state index is 12.9. The van der Waals surface area contributed by atoms with Crippen LogP contribution in [0.15, 0.2) is 24.3 Å². The number of benzene rings is 1. The van der Waals surface area contributed by atoms with Crippen molar-refractivity contribution in [2.24, 2.45) is 5.73 Å². The number of carbonyl (C=O) groups is 1. The Bertz CT molecular complexity index is 935. The van der Waals surface area contributed by atoms with Gasteiger partial charge in [0.05, 0.1) is 18.1 Å². The number of hydrogen-bond acceptors (Lipinski definition) is 5. The van der Waals surface area contributed by atoms with Gasteiger partial charge >= 0.3 is 0 Å². The van der Waals surface area contributed by atoms with E-state index in [9.17, 15) is 13.2 Å². The van der Waals surface area contributed by atoms with E-state index in [0.29, 0.717) is 50.7 Å². The maximum Gasteiger partial charge on any atom is 0.282 e. The van der Waals surface area contributed by atoms with Gasteiger partial charge in [0.25, 0.3) is 16.1 Å². The number of fused-ring (bicyclic) bond motifs is 1. The SMILES string of the molecule is NC(=O)c1sc2ccccc2c1[C@@H]1CCN(S(=O)(=O)N2CCOCC2)C1. The number of primary amides is 1. The molecule has 2 aliphatic rings. The second-order valence-electron chi connectivity index (χ2n) is 6.57. The predicted molar refractivity (Wildman–Crippen MR) is 101 cm³/mol. The normalized spacial score (nSPS) is 22.8. The van der Waals surface area contributed by atoms with Gasteiger partial charge in [0, 0.05) is 36.8 Å². The molecule has 1 atom stereocenters. The Morgan fingerprint density at radius 1 is 1.15 bits per heavy atom. The zero-order chi connectivity index (χ0) is 18.3. The molecule has 1 aromatic heterocycles. The maximum atomic E-state index is 12.9. The molecule has 2 fully saturated rings. The molecule has 0 unspecified atom stereocenters. The summed E-state index contributed by atoms with van der Waals surface area (Å²) < 4.78 is 35.1. The molecule has 0 radical (unpaired) electrons. The lowest BCUT2D eigenvalue weighted by atomic mass is 9.95. The topological polar surface area (TPSA) is 92.9 Å². The Balaban J connectivity index is 1.64. The summed E-state index contributed by atoms with van der Waals surface area (Å²) in [6, 6.07) is 7.80. The summed E-state index contributed by atoms with van der Waals surface area (Å²) in [6.45, 7) is 2.46. The van der Waals surface area contributed by atoms with Crippen LogP contribution < -0.4 is 5.73 Å². The molecule has 1 aromatic carbocycles. The summed E-state index contributed by atoms with van der Waals surface area (Å²) >= 11 is 1.39. The number of thiophene rings is 1. The molecular formula is C17H21N3O4S2. The highest BCUT2D eigenvalue weighted by atomic mass is 32.2. The minimum absolute atomic E-state index is 0.0236. The highest BCUT2D eigenvalue weighted by Gasteiger charge is 2.38. The first-order valence-corrected chi connectivity index (χ1v) is 10.8. The zero-order valence-corrected chi connectivity index (χ0v) is 15.9. The third kappa shape index (κ3) is 3.03. The minimum atomic E-state index is -3.50. The zero-order valence-electron chi connectivity index (χ0n) is 14.3. The van der Waals surface area contributed by atoms with E-state index in [4.69, 9.17) is 10.5 Å². The average Bonchev–Trinajstić information content (AvgIpc) is 3.27. The van der Waals surface area contributed by atoms with Crippen LogP contribution in [0.1, 0.15) is 27.6 Å². The molecule has 26 heavy (non-hydrogen) atoms. The number of nitrogens with zero attached hydrogens (tertiary/aromatic N) is 2. The molecule has 0 spiro atoms.